The second-order valence-electron chi connectivity index (χ2n) is 3.67. The van der Waals surface area contributed by atoms with E-state index in [0.29, 0.717) is 6.42 Å². The summed E-state index contributed by atoms with van der Waals surface area (Å²) in [6, 6.07) is 0. The summed E-state index contributed by atoms with van der Waals surface area (Å²) in [7, 11) is -5.51. The third-order valence-corrected chi connectivity index (χ3v) is 3.13. The average molecular weight is 244 g/mol. The molecule has 2 atom stereocenters. The first-order valence-corrected chi connectivity index (χ1v) is 5.77. The Bertz CT molecular complexity index is 369. The first-order chi connectivity index (χ1) is 6.63. The van der Waals surface area contributed by atoms with Crippen molar-refractivity contribution in [1.29, 1.82) is 0 Å². The maximum Gasteiger partial charge on any atom is 0.534 e. The van der Waals surface area contributed by atoms with Crippen LogP contribution in [0, 0.1) is 11.8 Å². The van der Waals surface area contributed by atoms with E-state index < -0.39 is 15.6 Å². The van der Waals surface area contributed by atoms with Gasteiger partial charge in [-0.15, -0.1) is 0 Å². The third-order valence-electron chi connectivity index (χ3n) is 2.15. The van der Waals surface area contributed by atoms with E-state index in [1.807, 2.05) is 0 Å². The summed E-state index contributed by atoms with van der Waals surface area (Å²) >= 11 is 0. The van der Waals surface area contributed by atoms with Crippen molar-refractivity contribution >= 4 is 10.1 Å². The Morgan fingerprint density at radius 3 is 2.27 bits per heavy atom. The van der Waals surface area contributed by atoms with Crippen molar-refractivity contribution in [2.24, 2.45) is 11.8 Å². The van der Waals surface area contributed by atoms with Gasteiger partial charge in [-0.3, -0.25) is 0 Å². The molecule has 0 aliphatic heterocycles. The SMILES string of the molecule is C[C@H]1C=C(OS(=O)(=O)C(F)(F)F)[C@@H](C)C1. The molecule has 0 heterocycles. The number of allylic oxidation sites excluding steroid dienone is 2. The third kappa shape index (κ3) is 2.64. The van der Waals surface area contributed by atoms with Gasteiger partial charge in [-0.1, -0.05) is 13.8 Å². The molecule has 0 fully saturated rings. The van der Waals surface area contributed by atoms with Crippen LogP contribution in [0.1, 0.15) is 20.3 Å². The van der Waals surface area contributed by atoms with Crippen molar-refractivity contribution in [1.82, 2.24) is 0 Å². The number of hydrogen-bond donors (Lipinski definition) is 0. The van der Waals surface area contributed by atoms with E-state index in [4.69, 9.17) is 0 Å². The average Bonchev–Trinajstić information content (AvgIpc) is 2.26. The van der Waals surface area contributed by atoms with Crippen molar-refractivity contribution in [3.8, 4) is 0 Å². The highest BCUT2D eigenvalue weighted by atomic mass is 32.2. The second kappa shape index (κ2) is 3.70. The maximum atomic E-state index is 12.0. The van der Waals surface area contributed by atoms with Crippen LogP contribution in [0.4, 0.5) is 13.2 Å². The maximum absolute atomic E-state index is 12.0. The fourth-order valence-corrected chi connectivity index (χ4v) is 2.04. The van der Waals surface area contributed by atoms with E-state index >= 15 is 0 Å². The van der Waals surface area contributed by atoms with Crippen molar-refractivity contribution in [2.75, 3.05) is 0 Å². The van der Waals surface area contributed by atoms with Crippen molar-refractivity contribution in [3.63, 3.8) is 0 Å². The summed E-state index contributed by atoms with van der Waals surface area (Å²) in [6.45, 7) is 3.41. The second-order valence-corrected chi connectivity index (χ2v) is 5.20. The molecular formula is C8H11F3O3S. The highest BCUT2D eigenvalue weighted by Gasteiger charge is 2.49. The van der Waals surface area contributed by atoms with Crippen molar-refractivity contribution in [2.45, 2.75) is 25.8 Å². The largest absolute Gasteiger partial charge is 0.534 e. The van der Waals surface area contributed by atoms with Crippen LogP contribution in [0.15, 0.2) is 11.8 Å². The Balaban J connectivity index is 2.84. The monoisotopic (exact) mass is 244 g/mol. The Hall–Kier alpha value is -0.720. The molecule has 0 amide bonds. The van der Waals surface area contributed by atoms with Crippen LogP contribution in [-0.2, 0) is 14.3 Å². The molecule has 1 rings (SSSR count). The molecule has 15 heavy (non-hydrogen) atoms. The minimum absolute atomic E-state index is 0.0402. The number of hydrogen-bond acceptors (Lipinski definition) is 3. The Kier molecular flexibility index (Phi) is 3.04. The van der Waals surface area contributed by atoms with Crippen molar-refractivity contribution < 1.29 is 25.8 Å². The van der Waals surface area contributed by atoms with Gasteiger partial charge in [0.2, 0.25) is 0 Å². The van der Waals surface area contributed by atoms with Crippen LogP contribution in [-0.4, -0.2) is 13.9 Å². The number of rotatable bonds is 2. The zero-order valence-electron chi connectivity index (χ0n) is 8.21. The summed E-state index contributed by atoms with van der Waals surface area (Å²) in [5, 5.41) is 0. The van der Waals surface area contributed by atoms with E-state index in [1.54, 1.807) is 13.8 Å². The molecule has 0 spiro atoms. The lowest BCUT2D eigenvalue weighted by molar-refractivity contribution is -0.0525. The van der Waals surface area contributed by atoms with Crippen LogP contribution in [0.2, 0.25) is 0 Å². The highest BCUT2D eigenvalue weighted by Crippen LogP contribution is 2.35. The smallest absolute Gasteiger partial charge is 0.381 e. The van der Waals surface area contributed by atoms with Gasteiger partial charge < -0.3 is 4.18 Å². The molecule has 0 N–H and O–H groups in total. The van der Waals surface area contributed by atoms with Gasteiger partial charge in [0.25, 0.3) is 0 Å². The molecule has 0 unspecified atom stereocenters. The highest BCUT2D eigenvalue weighted by molar-refractivity contribution is 7.87. The Labute approximate surface area is 86.0 Å². The minimum atomic E-state index is -5.51. The molecule has 0 saturated carbocycles. The molecule has 0 aromatic carbocycles. The fraction of sp³-hybridized carbons (Fsp3) is 0.750. The number of alkyl halides is 3. The Morgan fingerprint density at radius 2 is 1.93 bits per heavy atom. The molecule has 0 aromatic rings. The van der Waals surface area contributed by atoms with E-state index in [0.717, 1.165) is 0 Å². The molecule has 1 aliphatic rings. The molecule has 0 bridgehead atoms. The van der Waals surface area contributed by atoms with E-state index in [9.17, 15) is 21.6 Å². The lowest BCUT2D eigenvalue weighted by atomic mass is 10.1. The molecule has 3 nitrogen and oxygen atoms in total. The molecular weight excluding hydrogens is 233 g/mol. The molecule has 1 aliphatic carbocycles. The predicted octanol–water partition coefficient (Wildman–Crippen LogP) is 2.41. The summed E-state index contributed by atoms with van der Waals surface area (Å²) in [4.78, 5) is 0. The summed E-state index contributed by atoms with van der Waals surface area (Å²) in [5.41, 5.74) is -5.36. The Morgan fingerprint density at radius 1 is 1.40 bits per heavy atom. The lowest BCUT2D eigenvalue weighted by Crippen LogP contribution is -2.25. The van der Waals surface area contributed by atoms with Gasteiger partial charge in [0.05, 0.1) is 0 Å². The molecule has 88 valence electrons. The van der Waals surface area contributed by atoms with Gasteiger partial charge >= 0.3 is 15.6 Å². The number of halogens is 3. The van der Waals surface area contributed by atoms with Crippen LogP contribution in [0.3, 0.4) is 0 Å². The summed E-state index contributed by atoms with van der Waals surface area (Å²) < 4.78 is 61.3. The molecule has 0 radical (unpaired) electrons. The van der Waals surface area contributed by atoms with Gasteiger partial charge in [0.15, 0.2) is 0 Å². The van der Waals surface area contributed by atoms with Crippen molar-refractivity contribution in [3.05, 3.63) is 11.8 Å². The normalized spacial score (nSPS) is 27.7. The van der Waals surface area contributed by atoms with Gasteiger partial charge in [-0.05, 0) is 18.4 Å². The summed E-state index contributed by atoms with van der Waals surface area (Å²) in [5.74, 6) is -0.365. The minimum Gasteiger partial charge on any atom is -0.381 e. The molecule has 0 aromatic heterocycles. The van der Waals surface area contributed by atoms with E-state index in [2.05, 4.69) is 4.18 Å². The van der Waals surface area contributed by atoms with Crippen LogP contribution in [0.5, 0.6) is 0 Å². The van der Waals surface area contributed by atoms with Crippen LogP contribution < -0.4 is 0 Å². The zero-order chi connectivity index (χ0) is 11.9. The van der Waals surface area contributed by atoms with Crippen LogP contribution in [0.25, 0.3) is 0 Å². The van der Waals surface area contributed by atoms with Gasteiger partial charge in [0.1, 0.15) is 5.76 Å². The quantitative estimate of drug-likeness (QED) is 0.553. The zero-order valence-corrected chi connectivity index (χ0v) is 9.02. The molecule has 7 heteroatoms. The predicted molar refractivity (Wildman–Crippen MR) is 47.1 cm³/mol. The van der Waals surface area contributed by atoms with Gasteiger partial charge in [0, 0.05) is 5.92 Å². The topological polar surface area (TPSA) is 43.4 Å². The standard InChI is InChI=1S/C8H11F3O3S/c1-5-3-6(2)7(4-5)14-15(12,13)8(9,10)11/h4-6H,3H2,1-2H3/t5-,6+/m1/s1. The van der Waals surface area contributed by atoms with Crippen LogP contribution >= 0.6 is 0 Å². The first kappa shape index (κ1) is 12.4. The molecule has 0 saturated heterocycles. The van der Waals surface area contributed by atoms with Gasteiger partial charge in [-0.25, -0.2) is 0 Å². The first-order valence-electron chi connectivity index (χ1n) is 4.36. The lowest BCUT2D eigenvalue weighted by Gasteiger charge is -2.12. The van der Waals surface area contributed by atoms with Gasteiger partial charge in [-0.2, -0.15) is 21.6 Å². The fourth-order valence-electron chi connectivity index (χ4n) is 1.47. The van der Waals surface area contributed by atoms with E-state index in [-0.39, 0.29) is 17.6 Å². The van der Waals surface area contributed by atoms with E-state index in [1.165, 1.54) is 6.08 Å². The summed E-state index contributed by atoms with van der Waals surface area (Å²) in [6.07, 6.45) is 2.01.